The van der Waals surface area contributed by atoms with Crippen molar-refractivity contribution in [3.8, 4) is 0 Å². The van der Waals surface area contributed by atoms with E-state index in [9.17, 15) is 0 Å². The van der Waals surface area contributed by atoms with Gasteiger partial charge in [-0.3, -0.25) is 0 Å². The Morgan fingerprint density at radius 3 is 0.800 bits per heavy atom. The van der Waals surface area contributed by atoms with E-state index in [0.717, 1.165) is 12.3 Å². The van der Waals surface area contributed by atoms with Gasteiger partial charge in [0.25, 0.3) is 0 Å². The van der Waals surface area contributed by atoms with Crippen LogP contribution < -0.4 is 0 Å². The summed E-state index contributed by atoms with van der Waals surface area (Å²) in [6.45, 7) is 5.00. The Hall–Kier alpha value is -0.0400. The predicted molar refractivity (Wildman–Crippen MR) is 160 cm³/mol. The summed E-state index contributed by atoms with van der Waals surface area (Å²) in [6, 6.07) is 0. The van der Waals surface area contributed by atoms with Gasteiger partial charge < -0.3 is 5.11 Å². The average molecular weight is 495 g/mol. The first-order chi connectivity index (χ1) is 17.3. The van der Waals surface area contributed by atoms with Crippen LogP contribution in [-0.4, -0.2) is 11.7 Å². The molecule has 0 spiro atoms. The summed E-state index contributed by atoms with van der Waals surface area (Å²) in [5.41, 5.74) is 0. The molecule has 0 aromatic carbocycles. The molecule has 0 aromatic rings. The van der Waals surface area contributed by atoms with Gasteiger partial charge in [0.2, 0.25) is 0 Å². The monoisotopic (exact) mass is 495 g/mol. The molecule has 0 saturated carbocycles. The van der Waals surface area contributed by atoms with Crippen molar-refractivity contribution in [3.05, 3.63) is 0 Å². The first-order valence-electron chi connectivity index (χ1n) is 17.0. The predicted octanol–water partition coefficient (Wildman–Crippen LogP) is 12.3. The molecule has 0 aromatic heterocycles. The van der Waals surface area contributed by atoms with Crippen molar-refractivity contribution in [2.24, 2.45) is 5.92 Å². The molecule has 0 amide bonds. The smallest absolute Gasteiger partial charge is 0.0431 e. The molecule has 0 radical (unpaired) electrons. The number of hydrogen-bond acceptors (Lipinski definition) is 1. The normalized spacial score (nSPS) is 12.4. The second kappa shape index (κ2) is 32.0. The lowest BCUT2D eigenvalue weighted by atomic mass is 9.89. The third-order valence-electron chi connectivity index (χ3n) is 8.20. The highest BCUT2D eigenvalue weighted by atomic mass is 16.2. The van der Waals surface area contributed by atoms with E-state index in [-0.39, 0.29) is 0 Å². The minimum Gasteiger partial charge on any atom is -0.396 e. The first-order valence-corrected chi connectivity index (χ1v) is 17.0. The maximum absolute atomic E-state index is 8.93. The highest BCUT2D eigenvalue weighted by Gasteiger charge is 2.09. The summed E-state index contributed by atoms with van der Waals surface area (Å²) < 4.78 is 0. The van der Waals surface area contributed by atoms with Crippen LogP contribution >= 0.6 is 0 Å². The third-order valence-corrected chi connectivity index (χ3v) is 8.20. The second-order valence-corrected chi connectivity index (χ2v) is 11.8. The van der Waals surface area contributed by atoms with Crippen LogP contribution in [0.5, 0.6) is 0 Å². The van der Waals surface area contributed by atoms with Gasteiger partial charge in [-0.2, -0.15) is 0 Å². The Morgan fingerprint density at radius 2 is 0.543 bits per heavy atom. The SMILES string of the molecule is CCCCCCCCCCCCCCCCC(CCCCCCCCC)CCCCCCCCO. The molecule has 1 unspecified atom stereocenters. The van der Waals surface area contributed by atoms with E-state index in [1.54, 1.807) is 0 Å². The molecule has 0 aliphatic rings. The molecule has 0 heterocycles. The molecule has 0 rings (SSSR count). The molecule has 1 N–H and O–H groups in total. The van der Waals surface area contributed by atoms with Crippen molar-refractivity contribution < 1.29 is 5.11 Å². The largest absolute Gasteiger partial charge is 0.396 e. The van der Waals surface area contributed by atoms with Crippen molar-refractivity contribution in [2.45, 2.75) is 206 Å². The number of aliphatic hydroxyl groups excluding tert-OH is 1. The van der Waals surface area contributed by atoms with Crippen molar-refractivity contribution in [1.29, 1.82) is 0 Å². The van der Waals surface area contributed by atoms with Crippen LogP contribution in [0.1, 0.15) is 206 Å². The van der Waals surface area contributed by atoms with E-state index in [4.69, 9.17) is 5.11 Å². The van der Waals surface area contributed by atoms with Gasteiger partial charge in [-0.05, 0) is 12.3 Å². The fraction of sp³-hybridized carbons (Fsp3) is 1.00. The van der Waals surface area contributed by atoms with Gasteiger partial charge in [-0.25, -0.2) is 0 Å². The zero-order chi connectivity index (χ0) is 25.5. The summed E-state index contributed by atoms with van der Waals surface area (Å²) >= 11 is 0. The van der Waals surface area contributed by atoms with E-state index in [2.05, 4.69) is 13.8 Å². The maximum Gasteiger partial charge on any atom is 0.0431 e. The number of hydrogen-bond donors (Lipinski definition) is 1. The van der Waals surface area contributed by atoms with Crippen LogP contribution in [0.2, 0.25) is 0 Å². The molecule has 0 fully saturated rings. The molecule has 0 saturated heterocycles. The molecule has 1 nitrogen and oxygen atoms in total. The van der Waals surface area contributed by atoms with E-state index < -0.39 is 0 Å². The Labute approximate surface area is 224 Å². The quantitative estimate of drug-likeness (QED) is 0.0950. The lowest BCUT2D eigenvalue weighted by molar-refractivity contribution is 0.282. The Kier molecular flexibility index (Phi) is 32.0. The molecule has 1 atom stereocenters. The summed E-state index contributed by atoms with van der Waals surface area (Å²) in [5.74, 6) is 1.00. The number of unbranched alkanes of at least 4 members (excludes halogenated alkanes) is 24. The van der Waals surface area contributed by atoms with Crippen LogP contribution in [0.25, 0.3) is 0 Å². The number of rotatable bonds is 31. The van der Waals surface area contributed by atoms with Crippen LogP contribution in [0.15, 0.2) is 0 Å². The fourth-order valence-electron chi connectivity index (χ4n) is 5.70. The van der Waals surface area contributed by atoms with E-state index in [0.29, 0.717) is 6.61 Å². The lowest BCUT2D eigenvalue weighted by Crippen LogP contribution is -2.01. The molecule has 212 valence electrons. The number of aliphatic hydroxyl groups is 1. The van der Waals surface area contributed by atoms with Crippen LogP contribution in [-0.2, 0) is 0 Å². The highest BCUT2D eigenvalue weighted by molar-refractivity contribution is 4.62. The Balaban J connectivity index is 3.73. The topological polar surface area (TPSA) is 20.2 Å². The first kappa shape index (κ1) is 35.0. The summed E-state index contributed by atoms with van der Waals surface area (Å²) in [7, 11) is 0. The minimum atomic E-state index is 0.375. The van der Waals surface area contributed by atoms with Crippen LogP contribution in [0.4, 0.5) is 0 Å². The second-order valence-electron chi connectivity index (χ2n) is 11.8. The zero-order valence-corrected chi connectivity index (χ0v) is 24.9. The molecule has 0 aliphatic carbocycles. The van der Waals surface area contributed by atoms with Gasteiger partial charge in [0.1, 0.15) is 0 Å². The molecular weight excluding hydrogens is 424 g/mol. The van der Waals surface area contributed by atoms with Gasteiger partial charge in [-0.1, -0.05) is 200 Å². The van der Waals surface area contributed by atoms with Crippen LogP contribution in [0, 0.1) is 5.92 Å². The van der Waals surface area contributed by atoms with E-state index in [1.165, 1.54) is 186 Å². The van der Waals surface area contributed by atoms with Gasteiger partial charge in [0.05, 0.1) is 0 Å². The molecule has 0 aliphatic heterocycles. The van der Waals surface area contributed by atoms with Crippen molar-refractivity contribution in [2.75, 3.05) is 6.61 Å². The molecule has 1 heteroatoms. The van der Waals surface area contributed by atoms with Gasteiger partial charge in [-0.15, -0.1) is 0 Å². The lowest BCUT2D eigenvalue weighted by Gasteiger charge is -2.17. The Bertz CT molecular complexity index is 334. The summed E-state index contributed by atoms with van der Waals surface area (Å²) in [6.07, 6.45) is 42.9. The standard InChI is InChI=1S/C34H70O/c1-3-5-7-9-11-12-13-14-15-16-17-19-23-27-31-34(30-26-22-18-10-8-6-4-2)32-28-24-20-21-25-29-33-35/h34-35H,3-33H2,1-2H3. The highest BCUT2D eigenvalue weighted by Crippen LogP contribution is 2.25. The summed E-state index contributed by atoms with van der Waals surface area (Å²) in [4.78, 5) is 0. The third kappa shape index (κ3) is 30.1. The van der Waals surface area contributed by atoms with Crippen molar-refractivity contribution >= 4 is 0 Å². The van der Waals surface area contributed by atoms with Crippen molar-refractivity contribution in [3.63, 3.8) is 0 Å². The van der Waals surface area contributed by atoms with Gasteiger partial charge in [0.15, 0.2) is 0 Å². The van der Waals surface area contributed by atoms with Crippen LogP contribution in [0.3, 0.4) is 0 Å². The average Bonchev–Trinajstić information content (AvgIpc) is 2.87. The maximum atomic E-state index is 8.93. The summed E-state index contributed by atoms with van der Waals surface area (Å²) in [5, 5.41) is 8.93. The van der Waals surface area contributed by atoms with E-state index >= 15 is 0 Å². The van der Waals surface area contributed by atoms with Gasteiger partial charge in [0, 0.05) is 6.61 Å². The molecule has 0 bridgehead atoms. The zero-order valence-electron chi connectivity index (χ0n) is 24.9. The minimum absolute atomic E-state index is 0.375. The molecular formula is C34H70O. The Morgan fingerprint density at radius 1 is 0.314 bits per heavy atom. The molecule has 35 heavy (non-hydrogen) atoms. The fourth-order valence-corrected chi connectivity index (χ4v) is 5.70. The van der Waals surface area contributed by atoms with Gasteiger partial charge >= 0.3 is 0 Å². The van der Waals surface area contributed by atoms with Crippen molar-refractivity contribution in [1.82, 2.24) is 0 Å². The van der Waals surface area contributed by atoms with E-state index in [1.807, 2.05) is 0 Å².